The van der Waals surface area contributed by atoms with Crippen molar-refractivity contribution in [1.82, 2.24) is 10.6 Å². The predicted molar refractivity (Wildman–Crippen MR) is 65.2 cm³/mol. The van der Waals surface area contributed by atoms with Gasteiger partial charge in [-0.1, -0.05) is 25.6 Å². The number of hydrogen-bond acceptors (Lipinski definition) is 3. The van der Waals surface area contributed by atoms with Crippen LogP contribution in [0.25, 0.3) is 0 Å². The lowest BCUT2D eigenvalue weighted by molar-refractivity contribution is -0.118. The SMILES string of the molecule is CC(=O)NCCN=C1N[C@@H](C(C)C)CS1. The van der Waals surface area contributed by atoms with Gasteiger partial charge in [0, 0.05) is 25.3 Å². The molecule has 1 atom stereocenters. The van der Waals surface area contributed by atoms with E-state index >= 15 is 0 Å². The molecule has 1 fully saturated rings. The molecule has 0 radical (unpaired) electrons. The molecule has 86 valence electrons. The third kappa shape index (κ3) is 4.55. The fraction of sp³-hybridized carbons (Fsp3) is 0.800. The Labute approximate surface area is 95.3 Å². The van der Waals surface area contributed by atoms with Gasteiger partial charge in [0.05, 0.1) is 6.54 Å². The number of carbonyl (C=O) groups excluding carboxylic acids is 1. The van der Waals surface area contributed by atoms with Gasteiger partial charge in [0.15, 0.2) is 5.17 Å². The van der Waals surface area contributed by atoms with Crippen LogP contribution < -0.4 is 10.6 Å². The predicted octanol–water partition coefficient (Wildman–Crippen LogP) is 0.839. The summed E-state index contributed by atoms with van der Waals surface area (Å²) in [5, 5.41) is 7.11. The van der Waals surface area contributed by atoms with Crippen molar-refractivity contribution in [3.8, 4) is 0 Å². The maximum absolute atomic E-state index is 10.6. The zero-order valence-corrected chi connectivity index (χ0v) is 10.4. The van der Waals surface area contributed by atoms with E-state index in [0.717, 1.165) is 10.9 Å². The Bertz CT molecular complexity index is 253. The maximum atomic E-state index is 10.6. The fourth-order valence-electron chi connectivity index (χ4n) is 1.25. The number of nitrogens with zero attached hydrogens (tertiary/aromatic N) is 1. The molecule has 15 heavy (non-hydrogen) atoms. The van der Waals surface area contributed by atoms with E-state index in [2.05, 4.69) is 29.5 Å². The van der Waals surface area contributed by atoms with Gasteiger partial charge in [-0.15, -0.1) is 0 Å². The molecule has 0 aromatic heterocycles. The summed E-state index contributed by atoms with van der Waals surface area (Å²) < 4.78 is 0. The smallest absolute Gasteiger partial charge is 0.216 e. The van der Waals surface area contributed by atoms with Gasteiger partial charge in [-0.3, -0.25) is 9.79 Å². The second kappa shape index (κ2) is 6.00. The number of rotatable bonds is 4. The maximum Gasteiger partial charge on any atom is 0.216 e. The summed E-state index contributed by atoms with van der Waals surface area (Å²) in [7, 11) is 0. The van der Waals surface area contributed by atoms with Crippen LogP contribution in [0.3, 0.4) is 0 Å². The number of nitrogens with one attached hydrogen (secondary N) is 2. The molecule has 1 aliphatic heterocycles. The molecule has 4 nitrogen and oxygen atoms in total. The molecule has 1 heterocycles. The van der Waals surface area contributed by atoms with Crippen LogP contribution in [0.4, 0.5) is 0 Å². The molecule has 0 aromatic carbocycles. The minimum Gasteiger partial charge on any atom is -0.361 e. The van der Waals surface area contributed by atoms with E-state index in [4.69, 9.17) is 0 Å². The Hall–Kier alpha value is -0.710. The molecule has 1 amide bonds. The number of amides is 1. The summed E-state index contributed by atoms with van der Waals surface area (Å²) in [6.45, 7) is 7.20. The highest BCUT2D eigenvalue weighted by Gasteiger charge is 2.22. The zero-order chi connectivity index (χ0) is 11.3. The number of hydrogen-bond donors (Lipinski definition) is 2. The molecule has 0 unspecified atom stereocenters. The quantitative estimate of drug-likeness (QED) is 0.702. The van der Waals surface area contributed by atoms with Crippen molar-refractivity contribution in [2.45, 2.75) is 26.8 Å². The van der Waals surface area contributed by atoms with E-state index in [-0.39, 0.29) is 5.91 Å². The van der Waals surface area contributed by atoms with Crippen LogP contribution in [0.2, 0.25) is 0 Å². The Morgan fingerprint density at radius 2 is 2.47 bits per heavy atom. The van der Waals surface area contributed by atoms with Crippen LogP contribution in [0.1, 0.15) is 20.8 Å². The second-order valence-electron chi connectivity index (χ2n) is 3.98. The van der Waals surface area contributed by atoms with Crippen molar-refractivity contribution in [3.63, 3.8) is 0 Å². The average Bonchev–Trinajstić information content (AvgIpc) is 2.60. The van der Waals surface area contributed by atoms with Gasteiger partial charge in [-0.2, -0.15) is 0 Å². The molecule has 0 bridgehead atoms. The first-order valence-corrected chi connectivity index (χ1v) is 6.26. The summed E-state index contributed by atoms with van der Waals surface area (Å²) in [6, 6.07) is 0.537. The van der Waals surface area contributed by atoms with Gasteiger partial charge in [-0.25, -0.2) is 0 Å². The third-order valence-electron chi connectivity index (χ3n) is 2.25. The van der Waals surface area contributed by atoms with Crippen LogP contribution in [0, 0.1) is 5.92 Å². The van der Waals surface area contributed by atoms with Crippen molar-refractivity contribution in [3.05, 3.63) is 0 Å². The van der Waals surface area contributed by atoms with Crippen LogP contribution in [0.15, 0.2) is 4.99 Å². The average molecular weight is 229 g/mol. The molecule has 1 rings (SSSR count). The Balaban J connectivity index is 2.22. The minimum absolute atomic E-state index is 0.00212. The fourth-order valence-corrected chi connectivity index (χ4v) is 2.47. The van der Waals surface area contributed by atoms with Crippen LogP contribution in [-0.2, 0) is 4.79 Å². The highest BCUT2D eigenvalue weighted by molar-refractivity contribution is 8.14. The largest absolute Gasteiger partial charge is 0.361 e. The first-order chi connectivity index (χ1) is 7.09. The van der Waals surface area contributed by atoms with Crippen LogP contribution in [0.5, 0.6) is 0 Å². The molecule has 1 aliphatic rings. The molecule has 1 saturated heterocycles. The van der Waals surface area contributed by atoms with E-state index in [1.165, 1.54) is 6.92 Å². The molecule has 5 heteroatoms. The summed E-state index contributed by atoms with van der Waals surface area (Å²) in [5.74, 6) is 1.74. The first kappa shape index (κ1) is 12.4. The van der Waals surface area contributed by atoms with Gasteiger partial charge < -0.3 is 10.6 Å². The lowest BCUT2D eigenvalue weighted by Gasteiger charge is -2.13. The van der Waals surface area contributed by atoms with Crippen LogP contribution >= 0.6 is 11.8 Å². The topological polar surface area (TPSA) is 53.5 Å². The van der Waals surface area contributed by atoms with Gasteiger partial charge in [0.2, 0.25) is 5.91 Å². The normalized spacial score (nSPS) is 23.2. The highest BCUT2D eigenvalue weighted by Crippen LogP contribution is 2.18. The van der Waals surface area contributed by atoms with E-state index in [9.17, 15) is 4.79 Å². The molecule has 2 N–H and O–H groups in total. The number of aliphatic imine (C=N–C) groups is 1. The molecule has 0 aliphatic carbocycles. The summed E-state index contributed by atoms with van der Waals surface area (Å²) in [6.07, 6.45) is 0. The van der Waals surface area contributed by atoms with Crippen molar-refractivity contribution in [2.75, 3.05) is 18.8 Å². The zero-order valence-electron chi connectivity index (χ0n) is 9.54. The number of thioether (sulfide) groups is 1. The van der Waals surface area contributed by atoms with Crippen molar-refractivity contribution >= 4 is 22.8 Å². The summed E-state index contributed by atoms with van der Waals surface area (Å²) >= 11 is 1.76. The van der Waals surface area contributed by atoms with Crippen LogP contribution in [-0.4, -0.2) is 36.0 Å². The minimum atomic E-state index is 0.00212. The van der Waals surface area contributed by atoms with Gasteiger partial charge >= 0.3 is 0 Å². The van der Waals surface area contributed by atoms with Crippen molar-refractivity contribution in [2.24, 2.45) is 10.9 Å². The summed E-state index contributed by atoms with van der Waals surface area (Å²) in [5.41, 5.74) is 0. The third-order valence-corrected chi connectivity index (χ3v) is 3.30. The van der Waals surface area contributed by atoms with Gasteiger partial charge in [-0.05, 0) is 5.92 Å². The lowest BCUT2D eigenvalue weighted by atomic mass is 10.1. The second-order valence-corrected chi connectivity index (χ2v) is 4.98. The Morgan fingerprint density at radius 1 is 1.73 bits per heavy atom. The molecular formula is C10H19N3OS. The van der Waals surface area contributed by atoms with E-state index in [1.807, 2.05) is 0 Å². The van der Waals surface area contributed by atoms with Gasteiger partial charge in [0.25, 0.3) is 0 Å². The van der Waals surface area contributed by atoms with Crippen molar-refractivity contribution < 1.29 is 4.79 Å². The van der Waals surface area contributed by atoms with E-state index in [1.54, 1.807) is 11.8 Å². The van der Waals surface area contributed by atoms with E-state index in [0.29, 0.717) is 25.0 Å². The molecule has 0 saturated carbocycles. The summed E-state index contributed by atoms with van der Waals surface area (Å²) in [4.78, 5) is 15.0. The Kier molecular flexibility index (Phi) is 4.94. The molecule has 0 aromatic rings. The van der Waals surface area contributed by atoms with Crippen molar-refractivity contribution in [1.29, 1.82) is 0 Å². The van der Waals surface area contributed by atoms with Gasteiger partial charge in [0.1, 0.15) is 0 Å². The molecule has 0 spiro atoms. The number of carbonyl (C=O) groups is 1. The monoisotopic (exact) mass is 229 g/mol. The number of amidine groups is 1. The Morgan fingerprint density at radius 3 is 3.00 bits per heavy atom. The highest BCUT2D eigenvalue weighted by atomic mass is 32.2. The standard InChI is InChI=1S/C10H19N3OS/c1-7(2)9-6-15-10(13-9)12-5-4-11-8(3)14/h7,9H,4-6H2,1-3H3,(H,11,14)(H,12,13)/t9-/m1/s1. The molecular weight excluding hydrogens is 210 g/mol. The van der Waals surface area contributed by atoms with E-state index < -0.39 is 0 Å². The lowest BCUT2D eigenvalue weighted by Crippen LogP contribution is -2.32. The first-order valence-electron chi connectivity index (χ1n) is 5.28.